The number of ether oxygens (including phenoxy) is 2. The van der Waals surface area contributed by atoms with Gasteiger partial charge in [-0.3, -0.25) is 0 Å². The van der Waals surface area contributed by atoms with Gasteiger partial charge in [-0.1, -0.05) is 134 Å². The quantitative estimate of drug-likeness (QED) is 0.175. The van der Waals surface area contributed by atoms with Crippen molar-refractivity contribution >= 4 is 34.8 Å². The summed E-state index contributed by atoms with van der Waals surface area (Å²) in [5, 5.41) is 2.54. The van der Waals surface area contributed by atoms with Gasteiger partial charge in [0.25, 0.3) is 0 Å². The summed E-state index contributed by atoms with van der Waals surface area (Å²) in [6.45, 7) is 28.8. The Morgan fingerprint density at radius 1 is 0.723 bits per heavy atom. The molecule has 2 unspecified atom stereocenters. The van der Waals surface area contributed by atoms with Gasteiger partial charge in [0.15, 0.2) is 8.32 Å². The fourth-order valence-electron chi connectivity index (χ4n) is 8.85. The third kappa shape index (κ3) is 5.10. The lowest BCUT2D eigenvalue weighted by Gasteiger charge is -2.60. The topological polar surface area (TPSA) is 27.7 Å². The van der Waals surface area contributed by atoms with E-state index in [4.69, 9.17) is 13.9 Å². The molecule has 3 aromatic carbocycles. The maximum Gasteiger partial charge on any atom is 0.204 e. The lowest BCUT2D eigenvalue weighted by atomic mass is 9.65. The van der Waals surface area contributed by atoms with Gasteiger partial charge in [0.2, 0.25) is 8.07 Å². The summed E-state index contributed by atoms with van der Waals surface area (Å²) in [4.78, 5) is 0. The van der Waals surface area contributed by atoms with Crippen molar-refractivity contribution in [3.63, 3.8) is 0 Å². The van der Waals surface area contributed by atoms with E-state index < -0.39 is 30.1 Å². The van der Waals surface area contributed by atoms with Crippen molar-refractivity contribution in [1.29, 1.82) is 0 Å². The Labute approximate surface area is 289 Å². The predicted molar refractivity (Wildman–Crippen MR) is 207 cm³/mol. The minimum Gasteiger partial charge on any atom is -0.496 e. The van der Waals surface area contributed by atoms with E-state index in [0.717, 1.165) is 12.2 Å². The Morgan fingerprint density at radius 3 is 1.68 bits per heavy atom. The zero-order valence-electron chi connectivity index (χ0n) is 31.5. The molecular weight excluding hydrogens is 625 g/mol. The maximum atomic E-state index is 7.47. The molecule has 252 valence electrons. The summed E-state index contributed by atoms with van der Waals surface area (Å²) in [7, 11) is -3.14. The Hall–Kier alpha value is -2.41. The summed E-state index contributed by atoms with van der Waals surface area (Å²) in [6.07, 6.45) is 0.797. The van der Waals surface area contributed by atoms with Crippen LogP contribution in [0.5, 0.6) is 5.75 Å². The second-order valence-corrected chi connectivity index (χ2v) is 32.3. The highest BCUT2D eigenvalue weighted by molar-refractivity contribution is 7.10. The van der Waals surface area contributed by atoms with Gasteiger partial charge in [-0.05, 0) is 58.5 Å². The first kappa shape index (κ1) is 35.9. The molecule has 0 saturated heterocycles. The molecule has 4 atom stereocenters. The van der Waals surface area contributed by atoms with Crippen LogP contribution in [0.4, 0.5) is 0 Å². The van der Waals surface area contributed by atoms with Crippen LogP contribution in [0, 0.1) is 16.9 Å². The molecule has 3 aromatic rings. The Balaban J connectivity index is 1.79. The smallest absolute Gasteiger partial charge is 0.204 e. The van der Waals surface area contributed by atoms with E-state index in [1.54, 1.807) is 7.11 Å². The van der Waals surface area contributed by atoms with Crippen LogP contribution in [-0.2, 0) is 14.8 Å². The van der Waals surface area contributed by atoms with Gasteiger partial charge in [0.05, 0.1) is 15.2 Å². The summed E-state index contributed by atoms with van der Waals surface area (Å²) < 4.78 is 20.6. The maximum absolute atomic E-state index is 7.47. The fraction of sp³-hybridized carbons (Fsp3) is 0.512. The number of fused-ring (bicyclic) bond motifs is 1. The number of benzene rings is 3. The summed E-state index contributed by atoms with van der Waals surface area (Å²) in [6, 6.07) is 28.6. The molecule has 1 saturated carbocycles. The van der Waals surface area contributed by atoms with Crippen molar-refractivity contribution in [2.75, 3.05) is 14.2 Å². The zero-order chi connectivity index (χ0) is 34.9. The zero-order valence-corrected chi connectivity index (χ0v) is 34.5. The lowest BCUT2D eigenvalue weighted by Crippen LogP contribution is -2.64. The molecule has 0 spiro atoms. The summed E-state index contributed by atoms with van der Waals surface area (Å²) in [5.74, 6) is 5.04. The van der Waals surface area contributed by atoms with Gasteiger partial charge in [0, 0.05) is 23.1 Å². The number of hydrogen-bond acceptors (Lipinski definition) is 3. The van der Waals surface area contributed by atoms with E-state index in [1.165, 1.54) is 21.5 Å². The first-order chi connectivity index (χ1) is 21.7. The molecule has 3 nitrogen and oxygen atoms in total. The molecule has 0 aromatic heterocycles. The second-order valence-electron chi connectivity index (χ2n) is 17.8. The standard InChI is InChI=1S/C41H58O3Si3/c1-37(2,3)46(13,14)44-36-33-26-21-27-34(42-8)35(33)41(36,43-9)40(45(10,11)12)30-39(40,7)28-29-47(38(4,5)6,31-22-17-15-18-23-31)32-24-19-16-20-25-32/h15-27,36H,30H2,1-14H3/t36-,39?,40?,41+/m0/s1. The van der Waals surface area contributed by atoms with Crippen molar-refractivity contribution in [3.05, 3.63) is 90.0 Å². The van der Waals surface area contributed by atoms with Crippen LogP contribution in [0.2, 0.25) is 47.8 Å². The monoisotopic (exact) mass is 682 g/mol. The SMILES string of the molecule is COc1cccc2c1[C@](OC)(C1([Si](C)(C)C)CC1(C)C#C[Si](c1ccccc1)(c1ccccc1)C(C)(C)C)[C@H]2O[Si](C)(C)C(C)(C)C. The molecule has 1 fully saturated rings. The second kappa shape index (κ2) is 11.6. The molecule has 0 N–H and O–H groups in total. The highest BCUT2D eigenvalue weighted by Gasteiger charge is 2.84. The molecule has 0 aliphatic heterocycles. The van der Waals surface area contributed by atoms with Crippen LogP contribution < -0.4 is 15.1 Å². The Kier molecular flexibility index (Phi) is 8.85. The number of rotatable bonds is 8. The van der Waals surface area contributed by atoms with Crippen molar-refractivity contribution in [1.82, 2.24) is 0 Å². The van der Waals surface area contributed by atoms with Gasteiger partial charge in [-0.25, -0.2) is 0 Å². The molecule has 0 heterocycles. The Morgan fingerprint density at radius 2 is 1.26 bits per heavy atom. The average Bonchev–Trinajstić information content (AvgIpc) is 3.63. The molecule has 2 aliphatic rings. The van der Waals surface area contributed by atoms with Crippen LogP contribution in [0.3, 0.4) is 0 Å². The third-order valence-corrected chi connectivity index (χ3v) is 25.5. The minimum atomic E-state index is -2.61. The highest BCUT2D eigenvalue weighted by Crippen LogP contribution is 2.87. The Bertz CT molecular complexity index is 1630. The average molecular weight is 683 g/mol. The largest absolute Gasteiger partial charge is 0.496 e. The van der Waals surface area contributed by atoms with Gasteiger partial charge >= 0.3 is 0 Å². The van der Waals surface area contributed by atoms with Crippen molar-refractivity contribution < 1.29 is 13.9 Å². The fourth-order valence-corrected chi connectivity index (χ4v) is 18.7. The van der Waals surface area contributed by atoms with Gasteiger partial charge in [-0.2, -0.15) is 0 Å². The van der Waals surface area contributed by atoms with Gasteiger partial charge in [0.1, 0.15) is 17.5 Å². The molecule has 2 aliphatic carbocycles. The van der Waals surface area contributed by atoms with Crippen molar-refractivity contribution in [2.24, 2.45) is 5.41 Å². The van der Waals surface area contributed by atoms with Gasteiger partial charge < -0.3 is 13.9 Å². The number of hydrogen-bond donors (Lipinski definition) is 0. The van der Waals surface area contributed by atoms with Crippen molar-refractivity contribution in [3.8, 4) is 17.2 Å². The van der Waals surface area contributed by atoms with E-state index in [0.29, 0.717) is 0 Å². The van der Waals surface area contributed by atoms with E-state index >= 15 is 0 Å². The molecule has 0 amide bonds. The van der Waals surface area contributed by atoms with Gasteiger partial charge in [-0.15, -0.1) is 11.5 Å². The first-order valence-electron chi connectivity index (χ1n) is 17.3. The molecule has 0 bridgehead atoms. The minimum absolute atomic E-state index is 0.0466. The van der Waals surface area contributed by atoms with E-state index in [-0.39, 0.29) is 26.6 Å². The van der Waals surface area contributed by atoms with Crippen LogP contribution in [0.15, 0.2) is 78.9 Å². The molecule has 5 rings (SSSR count). The normalized spacial score (nSPS) is 26.0. The lowest BCUT2D eigenvalue weighted by molar-refractivity contribution is -0.149. The first-order valence-corrected chi connectivity index (χ1v) is 25.7. The third-order valence-electron chi connectivity index (χ3n) is 12.3. The van der Waals surface area contributed by atoms with E-state index in [2.05, 4.69) is 172 Å². The van der Waals surface area contributed by atoms with E-state index in [1.807, 2.05) is 7.11 Å². The van der Waals surface area contributed by atoms with Crippen LogP contribution in [-0.4, -0.2) is 38.7 Å². The predicted octanol–water partition coefficient (Wildman–Crippen LogP) is 9.71. The van der Waals surface area contributed by atoms with Crippen molar-refractivity contribution in [2.45, 2.75) is 114 Å². The molecular formula is C41H58O3Si3. The molecule has 0 radical (unpaired) electrons. The van der Waals surface area contributed by atoms with Crippen LogP contribution in [0.1, 0.15) is 72.1 Å². The van der Waals surface area contributed by atoms with Crippen LogP contribution >= 0.6 is 0 Å². The summed E-state index contributed by atoms with van der Waals surface area (Å²) >= 11 is 0. The molecule has 47 heavy (non-hydrogen) atoms. The number of methoxy groups -OCH3 is 2. The van der Waals surface area contributed by atoms with Crippen LogP contribution in [0.25, 0.3) is 0 Å². The summed E-state index contributed by atoms with van der Waals surface area (Å²) in [5.41, 5.74) is 5.66. The highest BCUT2D eigenvalue weighted by atomic mass is 28.4. The van der Waals surface area contributed by atoms with E-state index in [9.17, 15) is 0 Å². The molecule has 6 heteroatoms.